The number of nitrogens with one attached hydrogen (secondary N) is 1. The fourth-order valence-corrected chi connectivity index (χ4v) is 2.20. The van der Waals surface area contributed by atoms with Crippen LogP contribution < -0.4 is 5.32 Å². The molecule has 5 nitrogen and oxygen atoms in total. The third-order valence-electron chi connectivity index (χ3n) is 2.58. The molecule has 0 saturated heterocycles. The largest absolute Gasteiger partial charge is 0.481 e. The van der Waals surface area contributed by atoms with Gasteiger partial charge in [-0.05, 0) is 31.4 Å². The zero-order valence-corrected chi connectivity index (χ0v) is 12.7. The molecule has 110 valence electrons. The molecule has 0 spiro atoms. The average molecular weight is 318 g/mol. The Hall–Kier alpha value is -1.24. The van der Waals surface area contributed by atoms with Gasteiger partial charge in [-0.15, -0.1) is 11.8 Å². The Kier molecular flexibility index (Phi) is 5.86. The molecule has 0 aliphatic heterocycles. The summed E-state index contributed by atoms with van der Waals surface area (Å²) < 4.78 is 0. The number of rotatable bonds is 6. The third kappa shape index (κ3) is 5.03. The van der Waals surface area contributed by atoms with E-state index in [1.54, 1.807) is 18.2 Å². The van der Waals surface area contributed by atoms with Crippen LogP contribution in [0.3, 0.4) is 0 Å². The third-order valence-corrected chi connectivity index (χ3v) is 3.63. The summed E-state index contributed by atoms with van der Waals surface area (Å²) in [5, 5.41) is 21.3. The van der Waals surface area contributed by atoms with Crippen LogP contribution in [-0.2, 0) is 4.79 Å². The van der Waals surface area contributed by atoms with Crippen LogP contribution in [-0.4, -0.2) is 40.5 Å². The number of carboxylic acid groups (broad SMARTS) is 1. The van der Waals surface area contributed by atoms with Crippen molar-refractivity contribution in [3.8, 4) is 0 Å². The van der Waals surface area contributed by atoms with Crippen molar-refractivity contribution in [1.82, 2.24) is 5.32 Å². The van der Waals surface area contributed by atoms with E-state index < -0.39 is 23.9 Å². The maximum absolute atomic E-state index is 12.0. The fourth-order valence-electron chi connectivity index (χ4n) is 1.56. The summed E-state index contributed by atoms with van der Waals surface area (Å²) in [4.78, 5) is 23.5. The Bertz CT molecular complexity index is 519. The van der Waals surface area contributed by atoms with E-state index in [0.717, 1.165) is 4.90 Å². The van der Waals surface area contributed by atoms with Crippen molar-refractivity contribution >= 4 is 35.2 Å². The van der Waals surface area contributed by atoms with Crippen molar-refractivity contribution in [3.63, 3.8) is 0 Å². The topological polar surface area (TPSA) is 86.6 Å². The maximum atomic E-state index is 12.0. The molecule has 1 amide bonds. The first-order chi connectivity index (χ1) is 9.25. The summed E-state index contributed by atoms with van der Waals surface area (Å²) in [5.74, 6) is -1.58. The van der Waals surface area contributed by atoms with Gasteiger partial charge in [0.25, 0.3) is 5.91 Å². The van der Waals surface area contributed by atoms with Crippen molar-refractivity contribution in [2.45, 2.75) is 23.8 Å². The minimum atomic E-state index is -1.51. The van der Waals surface area contributed by atoms with Crippen LogP contribution in [0, 0.1) is 0 Å². The van der Waals surface area contributed by atoms with Crippen LogP contribution >= 0.6 is 23.4 Å². The first-order valence-corrected chi connectivity index (χ1v) is 7.41. The van der Waals surface area contributed by atoms with Gasteiger partial charge in [-0.25, -0.2) is 0 Å². The van der Waals surface area contributed by atoms with Crippen LogP contribution in [0.5, 0.6) is 0 Å². The molecule has 0 saturated carbocycles. The minimum absolute atomic E-state index is 0.169. The van der Waals surface area contributed by atoms with Crippen molar-refractivity contribution in [1.29, 1.82) is 0 Å². The summed E-state index contributed by atoms with van der Waals surface area (Å²) >= 11 is 7.43. The predicted octanol–water partition coefficient (Wildman–Crippen LogP) is 2.02. The van der Waals surface area contributed by atoms with Crippen molar-refractivity contribution in [2.24, 2.45) is 0 Å². The molecule has 0 bridgehead atoms. The van der Waals surface area contributed by atoms with Gasteiger partial charge >= 0.3 is 5.97 Å². The highest BCUT2D eigenvalue weighted by atomic mass is 35.5. The molecule has 0 radical (unpaired) electrons. The lowest BCUT2D eigenvalue weighted by atomic mass is 10.0. The van der Waals surface area contributed by atoms with Crippen LogP contribution in [0.4, 0.5) is 0 Å². The lowest BCUT2D eigenvalue weighted by molar-refractivity contribution is -0.141. The number of aliphatic hydroxyl groups is 1. The van der Waals surface area contributed by atoms with E-state index in [9.17, 15) is 14.7 Å². The molecular weight excluding hydrogens is 302 g/mol. The highest BCUT2D eigenvalue weighted by Crippen LogP contribution is 2.23. The van der Waals surface area contributed by atoms with E-state index in [2.05, 4.69) is 5.32 Å². The minimum Gasteiger partial charge on any atom is -0.481 e. The molecule has 1 rings (SSSR count). The average Bonchev–Trinajstić information content (AvgIpc) is 2.35. The van der Waals surface area contributed by atoms with Crippen LogP contribution in [0.15, 0.2) is 23.1 Å². The van der Waals surface area contributed by atoms with Crippen molar-refractivity contribution in [3.05, 3.63) is 28.8 Å². The van der Waals surface area contributed by atoms with Gasteiger partial charge in [-0.2, -0.15) is 0 Å². The number of hydrogen-bond acceptors (Lipinski definition) is 4. The summed E-state index contributed by atoms with van der Waals surface area (Å²) in [6, 6.07) is 5.07. The smallest absolute Gasteiger partial charge is 0.306 e. The van der Waals surface area contributed by atoms with E-state index in [4.69, 9.17) is 16.7 Å². The van der Waals surface area contributed by atoms with E-state index in [-0.39, 0.29) is 6.54 Å². The van der Waals surface area contributed by atoms with E-state index >= 15 is 0 Å². The standard InChI is InChI=1S/C13H16ClNO4S/c1-13(19,6-11(16)17)7-15-12(18)9-5-8(20-2)3-4-10(9)14/h3-5,19H,6-7H2,1-2H3,(H,15,18)(H,16,17). The SMILES string of the molecule is CSc1ccc(Cl)c(C(=O)NCC(C)(O)CC(=O)O)c1. The zero-order valence-electron chi connectivity index (χ0n) is 11.1. The normalized spacial score (nSPS) is 13.6. The van der Waals surface area contributed by atoms with E-state index in [1.807, 2.05) is 6.26 Å². The second-order valence-corrected chi connectivity index (χ2v) is 5.88. The zero-order chi connectivity index (χ0) is 15.3. The predicted molar refractivity (Wildman–Crippen MR) is 78.4 cm³/mol. The van der Waals surface area contributed by atoms with Crippen LogP contribution in [0.25, 0.3) is 0 Å². The molecule has 20 heavy (non-hydrogen) atoms. The first kappa shape index (κ1) is 16.8. The number of benzene rings is 1. The number of halogens is 1. The van der Waals surface area contributed by atoms with Crippen LogP contribution in [0.1, 0.15) is 23.7 Å². The van der Waals surface area contributed by atoms with Gasteiger partial charge in [-0.1, -0.05) is 11.6 Å². The molecule has 0 aliphatic carbocycles. The summed E-state index contributed by atoms with van der Waals surface area (Å²) in [5.41, 5.74) is -1.21. The van der Waals surface area contributed by atoms with Gasteiger partial charge < -0.3 is 15.5 Å². The number of hydrogen-bond donors (Lipinski definition) is 3. The number of carbonyl (C=O) groups excluding carboxylic acids is 1. The van der Waals surface area contributed by atoms with Gasteiger partial charge in [0.2, 0.25) is 0 Å². The Morgan fingerprint density at radius 1 is 1.45 bits per heavy atom. The molecule has 1 aromatic carbocycles. The molecule has 1 aromatic rings. The first-order valence-electron chi connectivity index (χ1n) is 5.81. The van der Waals surface area contributed by atoms with Crippen LogP contribution in [0.2, 0.25) is 5.02 Å². The number of amides is 1. The monoisotopic (exact) mass is 317 g/mol. The van der Waals surface area contributed by atoms with Gasteiger partial charge in [0, 0.05) is 11.4 Å². The molecule has 0 aliphatic rings. The van der Waals surface area contributed by atoms with Gasteiger partial charge in [-0.3, -0.25) is 9.59 Å². The highest BCUT2D eigenvalue weighted by Gasteiger charge is 2.25. The summed E-state index contributed by atoms with van der Waals surface area (Å²) in [6.07, 6.45) is 1.43. The highest BCUT2D eigenvalue weighted by molar-refractivity contribution is 7.98. The molecule has 7 heteroatoms. The number of carbonyl (C=O) groups is 2. The van der Waals surface area contributed by atoms with E-state index in [1.165, 1.54) is 18.7 Å². The molecule has 0 fully saturated rings. The molecule has 0 aromatic heterocycles. The number of thioether (sulfide) groups is 1. The summed E-state index contributed by atoms with van der Waals surface area (Å²) in [7, 11) is 0. The molecule has 0 heterocycles. The molecular formula is C13H16ClNO4S. The lowest BCUT2D eigenvalue weighted by Gasteiger charge is -2.21. The quantitative estimate of drug-likeness (QED) is 0.699. The van der Waals surface area contributed by atoms with Gasteiger partial charge in [0.15, 0.2) is 0 Å². The summed E-state index contributed by atoms with van der Waals surface area (Å²) in [6.45, 7) is 1.18. The van der Waals surface area contributed by atoms with Crippen molar-refractivity contribution < 1.29 is 19.8 Å². The Labute approximate surface area is 126 Å². The Morgan fingerprint density at radius 3 is 2.65 bits per heavy atom. The van der Waals surface area contributed by atoms with Gasteiger partial charge in [0.05, 0.1) is 22.6 Å². The molecule has 1 atom stereocenters. The number of carboxylic acids is 1. The maximum Gasteiger partial charge on any atom is 0.306 e. The van der Waals surface area contributed by atoms with Gasteiger partial charge in [0.1, 0.15) is 0 Å². The second-order valence-electron chi connectivity index (χ2n) is 4.60. The number of aliphatic carboxylic acids is 1. The lowest BCUT2D eigenvalue weighted by Crippen LogP contribution is -2.42. The molecule has 3 N–H and O–H groups in total. The Balaban J connectivity index is 2.74. The second kappa shape index (κ2) is 6.97. The Morgan fingerprint density at radius 2 is 2.10 bits per heavy atom. The van der Waals surface area contributed by atoms with E-state index in [0.29, 0.717) is 10.6 Å². The molecule has 1 unspecified atom stereocenters. The fraction of sp³-hybridized carbons (Fsp3) is 0.385. The van der Waals surface area contributed by atoms with Crippen molar-refractivity contribution in [2.75, 3.05) is 12.8 Å².